The van der Waals surface area contributed by atoms with Gasteiger partial charge in [0.25, 0.3) is 0 Å². The second-order valence-corrected chi connectivity index (χ2v) is 7.15. The number of benzene rings is 1. The van der Waals surface area contributed by atoms with Gasteiger partial charge in [-0.2, -0.15) is 13.2 Å². The van der Waals surface area contributed by atoms with E-state index in [9.17, 15) is 22.8 Å². The number of rotatable bonds is 4. The summed E-state index contributed by atoms with van der Waals surface area (Å²) in [5.74, 6) is -1.07. The van der Waals surface area contributed by atoms with Crippen LogP contribution >= 0.6 is 0 Å². The molecule has 1 aliphatic rings. The maximum Gasteiger partial charge on any atom is 0.427 e. The number of amides is 1. The van der Waals surface area contributed by atoms with Crippen molar-refractivity contribution in [3.05, 3.63) is 29.8 Å². The monoisotopic (exact) mass is 373 g/mol. The highest BCUT2D eigenvalue weighted by Gasteiger charge is 2.49. The van der Waals surface area contributed by atoms with E-state index in [4.69, 9.17) is 9.47 Å². The van der Waals surface area contributed by atoms with Gasteiger partial charge in [-0.3, -0.25) is 9.59 Å². The van der Waals surface area contributed by atoms with Crippen LogP contribution in [0.3, 0.4) is 0 Å². The van der Waals surface area contributed by atoms with Crippen molar-refractivity contribution in [2.75, 3.05) is 0 Å². The summed E-state index contributed by atoms with van der Waals surface area (Å²) >= 11 is 0. The molecule has 1 aromatic rings. The van der Waals surface area contributed by atoms with Crippen molar-refractivity contribution in [2.45, 2.75) is 64.0 Å². The van der Waals surface area contributed by atoms with E-state index in [1.807, 2.05) is 0 Å². The van der Waals surface area contributed by atoms with Gasteiger partial charge >= 0.3 is 12.1 Å². The number of para-hydroxylation sites is 1. The fourth-order valence-electron chi connectivity index (χ4n) is 2.66. The van der Waals surface area contributed by atoms with Crippen molar-refractivity contribution < 1.29 is 32.2 Å². The van der Waals surface area contributed by atoms with Crippen LogP contribution in [-0.4, -0.2) is 35.8 Å². The molecule has 0 saturated carbocycles. The smallest absolute Gasteiger partial charge is 0.427 e. The van der Waals surface area contributed by atoms with Crippen LogP contribution in [0.5, 0.6) is 5.75 Å². The molecule has 5 nitrogen and oxygen atoms in total. The van der Waals surface area contributed by atoms with Gasteiger partial charge in [0.05, 0.1) is 12.5 Å². The Bertz CT molecular complexity index is 667. The molecule has 1 aliphatic heterocycles. The minimum absolute atomic E-state index is 0.00146. The summed E-state index contributed by atoms with van der Waals surface area (Å²) in [6.45, 7) is 5.07. The van der Waals surface area contributed by atoms with Crippen LogP contribution in [0, 0.1) is 0 Å². The van der Waals surface area contributed by atoms with E-state index >= 15 is 0 Å². The Kier molecular flexibility index (Phi) is 5.83. The Hall–Kier alpha value is -2.25. The quantitative estimate of drug-likeness (QED) is 0.824. The van der Waals surface area contributed by atoms with Crippen LogP contribution in [0.4, 0.5) is 13.2 Å². The van der Waals surface area contributed by atoms with Crippen molar-refractivity contribution in [2.24, 2.45) is 0 Å². The van der Waals surface area contributed by atoms with E-state index in [-0.39, 0.29) is 25.0 Å². The van der Waals surface area contributed by atoms with E-state index in [1.54, 1.807) is 39.0 Å². The van der Waals surface area contributed by atoms with E-state index in [0.717, 1.165) is 0 Å². The Labute approximate surface area is 149 Å². The zero-order valence-electron chi connectivity index (χ0n) is 14.9. The molecule has 2 atom stereocenters. The molecule has 0 radical (unpaired) electrons. The first-order valence-electron chi connectivity index (χ1n) is 8.28. The van der Waals surface area contributed by atoms with Gasteiger partial charge in [0.1, 0.15) is 11.4 Å². The number of carbonyl (C=O) groups excluding carboxylic acids is 2. The van der Waals surface area contributed by atoms with Crippen molar-refractivity contribution in [3.63, 3.8) is 0 Å². The van der Waals surface area contributed by atoms with Crippen molar-refractivity contribution in [1.29, 1.82) is 0 Å². The molecule has 1 amide bonds. The molecule has 0 saturated heterocycles. The summed E-state index contributed by atoms with van der Waals surface area (Å²) in [6.07, 6.45) is -7.22. The summed E-state index contributed by atoms with van der Waals surface area (Å²) in [5, 5.41) is 2.34. The highest BCUT2D eigenvalue weighted by atomic mass is 19.4. The van der Waals surface area contributed by atoms with Gasteiger partial charge in [-0.1, -0.05) is 18.2 Å². The number of alkyl halides is 3. The molecule has 0 unspecified atom stereocenters. The van der Waals surface area contributed by atoms with Gasteiger partial charge in [0.2, 0.25) is 12.0 Å². The van der Waals surface area contributed by atoms with Gasteiger partial charge in [-0.15, -0.1) is 0 Å². The third-order valence-corrected chi connectivity index (χ3v) is 3.68. The lowest BCUT2D eigenvalue weighted by Crippen LogP contribution is -2.55. The molecular formula is C18H22F3NO4. The third-order valence-electron chi connectivity index (χ3n) is 3.68. The second kappa shape index (κ2) is 7.55. The zero-order chi connectivity index (χ0) is 19.5. The lowest BCUT2D eigenvalue weighted by Gasteiger charge is -2.35. The normalized spacial score (nSPS) is 19.9. The SMILES string of the molecule is CC(C)(C)OC(=O)CCC(=O)N[C@@H]1Cc2ccccc2O[C@H]1C(F)(F)F. The van der Waals surface area contributed by atoms with Crippen molar-refractivity contribution in [1.82, 2.24) is 5.32 Å². The first-order valence-corrected chi connectivity index (χ1v) is 8.28. The number of halogens is 3. The Morgan fingerprint density at radius 1 is 1.19 bits per heavy atom. The number of fused-ring (bicyclic) bond motifs is 1. The van der Waals surface area contributed by atoms with Crippen LogP contribution in [-0.2, 0) is 20.7 Å². The van der Waals surface area contributed by atoms with Crippen LogP contribution in [0.25, 0.3) is 0 Å². The Balaban J connectivity index is 1.99. The Morgan fingerprint density at radius 2 is 1.85 bits per heavy atom. The van der Waals surface area contributed by atoms with Gasteiger partial charge in [0, 0.05) is 12.8 Å². The van der Waals surface area contributed by atoms with Crippen LogP contribution in [0.2, 0.25) is 0 Å². The molecule has 1 heterocycles. The van der Waals surface area contributed by atoms with E-state index < -0.39 is 35.8 Å². The zero-order valence-corrected chi connectivity index (χ0v) is 14.9. The lowest BCUT2D eigenvalue weighted by molar-refractivity contribution is -0.206. The molecule has 0 fully saturated rings. The standard InChI is InChI=1S/C18H22F3NO4/c1-17(2,3)26-15(24)9-8-14(23)22-12-10-11-6-4-5-7-13(11)25-16(12)18(19,20)21/h4-7,12,16H,8-10H2,1-3H3,(H,22,23)/t12-,16-/m1/s1. The number of ether oxygens (including phenoxy) is 2. The molecule has 0 aliphatic carbocycles. The largest absolute Gasteiger partial charge is 0.478 e. The first-order chi connectivity index (χ1) is 12.0. The minimum Gasteiger partial charge on any atom is -0.478 e. The molecule has 144 valence electrons. The number of carbonyl (C=O) groups is 2. The third kappa shape index (κ3) is 5.64. The summed E-state index contributed by atoms with van der Waals surface area (Å²) in [6, 6.07) is 5.15. The van der Waals surface area contributed by atoms with Crippen molar-refractivity contribution in [3.8, 4) is 5.75 Å². The van der Waals surface area contributed by atoms with E-state index in [2.05, 4.69) is 5.32 Å². The molecule has 2 rings (SSSR count). The number of hydrogen-bond donors (Lipinski definition) is 1. The van der Waals surface area contributed by atoms with Gasteiger partial charge < -0.3 is 14.8 Å². The summed E-state index contributed by atoms with van der Waals surface area (Å²) in [5.41, 5.74) is -0.0963. The molecule has 0 aromatic heterocycles. The molecule has 1 N–H and O–H groups in total. The lowest BCUT2D eigenvalue weighted by atomic mass is 9.96. The maximum absolute atomic E-state index is 13.3. The van der Waals surface area contributed by atoms with Gasteiger partial charge in [-0.05, 0) is 32.4 Å². The molecule has 1 aromatic carbocycles. The molecule has 8 heteroatoms. The number of nitrogens with one attached hydrogen (secondary N) is 1. The topological polar surface area (TPSA) is 64.6 Å². The van der Waals surface area contributed by atoms with Crippen LogP contribution < -0.4 is 10.1 Å². The fraction of sp³-hybridized carbons (Fsp3) is 0.556. The number of esters is 1. The maximum atomic E-state index is 13.3. The van der Waals surface area contributed by atoms with E-state index in [1.165, 1.54) is 6.07 Å². The number of hydrogen-bond acceptors (Lipinski definition) is 4. The predicted octanol–water partition coefficient (Wildman–Crippen LogP) is 3.16. The summed E-state index contributed by atoms with van der Waals surface area (Å²) < 4.78 is 50.0. The molecular weight excluding hydrogens is 351 g/mol. The average Bonchev–Trinajstić information content (AvgIpc) is 2.49. The first kappa shape index (κ1) is 20.1. The van der Waals surface area contributed by atoms with Gasteiger partial charge in [-0.25, -0.2) is 0 Å². The van der Waals surface area contributed by atoms with Crippen LogP contribution in [0.15, 0.2) is 24.3 Å². The second-order valence-electron chi connectivity index (χ2n) is 7.15. The highest BCUT2D eigenvalue weighted by Crippen LogP contribution is 2.35. The Morgan fingerprint density at radius 3 is 2.46 bits per heavy atom. The highest BCUT2D eigenvalue weighted by molar-refractivity contribution is 5.81. The van der Waals surface area contributed by atoms with E-state index in [0.29, 0.717) is 5.56 Å². The average molecular weight is 373 g/mol. The molecule has 0 bridgehead atoms. The van der Waals surface area contributed by atoms with Crippen LogP contribution in [0.1, 0.15) is 39.2 Å². The fourth-order valence-corrected chi connectivity index (χ4v) is 2.66. The van der Waals surface area contributed by atoms with Gasteiger partial charge in [0.15, 0.2) is 0 Å². The minimum atomic E-state index is -4.63. The van der Waals surface area contributed by atoms with Crippen molar-refractivity contribution >= 4 is 11.9 Å². The molecule has 0 spiro atoms. The molecule has 26 heavy (non-hydrogen) atoms. The predicted molar refractivity (Wildman–Crippen MR) is 87.6 cm³/mol. The summed E-state index contributed by atoms with van der Waals surface area (Å²) in [4.78, 5) is 23.7. The summed E-state index contributed by atoms with van der Waals surface area (Å²) in [7, 11) is 0.